The van der Waals surface area contributed by atoms with Gasteiger partial charge in [-0.1, -0.05) is 35.0 Å². The molecule has 0 spiro atoms. The molecule has 6 heteroatoms. The molecule has 2 aromatic rings. The summed E-state index contributed by atoms with van der Waals surface area (Å²) in [6.07, 6.45) is 5.08. The number of pyridine rings is 1. The molecule has 82 valence electrons. The largest absolute Gasteiger partial charge is 0.244 e. The van der Waals surface area contributed by atoms with Gasteiger partial charge in [0.2, 0.25) is 0 Å². The van der Waals surface area contributed by atoms with Crippen molar-refractivity contribution in [2.45, 2.75) is 10.9 Å². The Balaban J connectivity index is 2.05. The molecule has 2 aromatic heterocycles. The lowest BCUT2D eigenvalue weighted by Gasteiger charge is -2.02. The molecular formula is C10H7Cl2N3S. The van der Waals surface area contributed by atoms with E-state index in [4.69, 9.17) is 23.2 Å². The van der Waals surface area contributed by atoms with Gasteiger partial charge in [0.05, 0.1) is 0 Å². The van der Waals surface area contributed by atoms with Crippen LogP contribution in [0.15, 0.2) is 35.9 Å². The molecule has 2 heterocycles. The smallest absolute Gasteiger partial charge is 0.187 e. The zero-order valence-corrected chi connectivity index (χ0v) is 10.4. The first-order valence-electron chi connectivity index (χ1n) is 4.45. The molecule has 0 N–H and O–H groups in total. The Morgan fingerprint density at radius 1 is 1.12 bits per heavy atom. The van der Waals surface area contributed by atoms with E-state index in [1.807, 2.05) is 0 Å². The van der Waals surface area contributed by atoms with Crippen molar-refractivity contribution in [3.05, 3.63) is 46.5 Å². The van der Waals surface area contributed by atoms with E-state index in [9.17, 15) is 0 Å². The average molecular weight is 272 g/mol. The van der Waals surface area contributed by atoms with Gasteiger partial charge in [0.1, 0.15) is 5.15 Å². The second-order valence-corrected chi connectivity index (χ2v) is 4.66. The minimum Gasteiger partial charge on any atom is -0.244 e. The first-order valence-corrected chi connectivity index (χ1v) is 6.19. The normalized spacial score (nSPS) is 10.4. The molecule has 3 nitrogen and oxygen atoms in total. The number of aromatic nitrogens is 3. The second-order valence-electron chi connectivity index (χ2n) is 2.92. The Labute approximate surface area is 107 Å². The Kier molecular flexibility index (Phi) is 3.98. The molecule has 0 unspecified atom stereocenters. The van der Waals surface area contributed by atoms with E-state index in [-0.39, 0.29) is 0 Å². The lowest BCUT2D eigenvalue weighted by Crippen LogP contribution is -1.88. The lowest BCUT2D eigenvalue weighted by molar-refractivity contribution is 0.966. The number of thioether (sulfide) groups is 1. The summed E-state index contributed by atoms with van der Waals surface area (Å²) in [5.74, 6) is 0.674. The van der Waals surface area contributed by atoms with Crippen molar-refractivity contribution in [1.82, 2.24) is 15.0 Å². The van der Waals surface area contributed by atoms with Gasteiger partial charge in [-0.3, -0.25) is 0 Å². The summed E-state index contributed by atoms with van der Waals surface area (Å²) in [7, 11) is 0. The lowest BCUT2D eigenvalue weighted by atomic mass is 10.3. The highest BCUT2D eigenvalue weighted by Gasteiger charge is 2.04. The Morgan fingerprint density at radius 2 is 1.88 bits per heavy atom. The van der Waals surface area contributed by atoms with Crippen molar-refractivity contribution in [1.29, 1.82) is 0 Å². The SMILES string of the molecule is Clc1cc(Cl)c(CSc2ncccn2)cn1. The number of nitrogens with zero attached hydrogens (tertiary/aromatic N) is 3. The van der Waals surface area contributed by atoms with E-state index >= 15 is 0 Å². The fourth-order valence-electron chi connectivity index (χ4n) is 1.04. The van der Waals surface area contributed by atoms with E-state index in [0.717, 1.165) is 5.56 Å². The number of rotatable bonds is 3. The zero-order chi connectivity index (χ0) is 11.4. The van der Waals surface area contributed by atoms with Crippen molar-refractivity contribution < 1.29 is 0 Å². The first kappa shape index (κ1) is 11.6. The van der Waals surface area contributed by atoms with E-state index in [2.05, 4.69) is 15.0 Å². The van der Waals surface area contributed by atoms with Gasteiger partial charge in [-0.25, -0.2) is 15.0 Å². The molecule has 2 rings (SSSR count). The van der Waals surface area contributed by atoms with Gasteiger partial charge in [0.25, 0.3) is 0 Å². The van der Waals surface area contributed by atoms with E-state index in [0.29, 0.717) is 21.1 Å². The van der Waals surface area contributed by atoms with Crippen LogP contribution in [-0.4, -0.2) is 15.0 Å². The van der Waals surface area contributed by atoms with Gasteiger partial charge in [-0.15, -0.1) is 0 Å². The summed E-state index contributed by atoms with van der Waals surface area (Å²) in [5.41, 5.74) is 0.920. The number of halogens is 2. The second kappa shape index (κ2) is 5.48. The average Bonchev–Trinajstić information content (AvgIpc) is 2.29. The van der Waals surface area contributed by atoms with Gasteiger partial charge in [0, 0.05) is 29.4 Å². The molecule has 0 radical (unpaired) electrons. The summed E-state index contributed by atoms with van der Waals surface area (Å²) in [4.78, 5) is 12.2. The molecule has 16 heavy (non-hydrogen) atoms. The van der Waals surface area contributed by atoms with E-state index in [1.54, 1.807) is 30.7 Å². The third-order valence-electron chi connectivity index (χ3n) is 1.80. The van der Waals surface area contributed by atoms with Crippen LogP contribution in [-0.2, 0) is 5.75 Å². The van der Waals surface area contributed by atoms with Crippen molar-refractivity contribution in [2.75, 3.05) is 0 Å². The highest BCUT2D eigenvalue weighted by molar-refractivity contribution is 7.98. The van der Waals surface area contributed by atoms with Gasteiger partial charge >= 0.3 is 0 Å². The predicted octanol–water partition coefficient (Wildman–Crippen LogP) is 3.47. The third kappa shape index (κ3) is 3.07. The maximum Gasteiger partial charge on any atom is 0.187 e. The highest BCUT2D eigenvalue weighted by Crippen LogP contribution is 2.25. The van der Waals surface area contributed by atoms with Crippen LogP contribution >= 0.6 is 35.0 Å². The van der Waals surface area contributed by atoms with E-state index in [1.165, 1.54) is 11.8 Å². The van der Waals surface area contributed by atoms with E-state index < -0.39 is 0 Å². The predicted molar refractivity (Wildman–Crippen MR) is 65.9 cm³/mol. The Hall–Kier alpha value is -0.840. The molecule has 0 saturated heterocycles. The minimum absolute atomic E-state index is 0.398. The van der Waals surface area contributed by atoms with Crippen LogP contribution < -0.4 is 0 Å². The van der Waals surface area contributed by atoms with Gasteiger partial charge in [-0.05, 0) is 17.7 Å². The molecule has 0 aliphatic rings. The molecule has 0 saturated carbocycles. The van der Waals surface area contributed by atoms with Crippen molar-refractivity contribution in [2.24, 2.45) is 0 Å². The van der Waals surface area contributed by atoms with Crippen LogP contribution in [0.25, 0.3) is 0 Å². The monoisotopic (exact) mass is 271 g/mol. The van der Waals surface area contributed by atoms with Crippen molar-refractivity contribution >= 4 is 35.0 Å². The topological polar surface area (TPSA) is 38.7 Å². The first-order chi connectivity index (χ1) is 7.75. The van der Waals surface area contributed by atoms with Crippen LogP contribution in [0.4, 0.5) is 0 Å². The van der Waals surface area contributed by atoms with Gasteiger partial charge < -0.3 is 0 Å². The highest BCUT2D eigenvalue weighted by atomic mass is 35.5. The standard InChI is InChI=1S/C10H7Cl2N3S/c11-8-4-9(12)15-5-7(8)6-16-10-13-2-1-3-14-10/h1-5H,6H2. The Morgan fingerprint density at radius 3 is 2.56 bits per heavy atom. The van der Waals surface area contributed by atoms with Crippen molar-refractivity contribution in [3.63, 3.8) is 0 Å². The van der Waals surface area contributed by atoms with Crippen LogP contribution in [0.2, 0.25) is 10.2 Å². The molecule has 0 bridgehead atoms. The molecular weight excluding hydrogens is 265 g/mol. The van der Waals surface area contributed by atoms with Crippen molar-refractivity contribution in [3.8, 4) is 0 Å². The third-order valence-corrected chi connectivity index (χ3v) is 3.28. The maximum absolute atomic E-state index is 6.02. The fourth-order valence-corrected chi connectivity index (χ4v) is 2.34. The van der Waals surface area contributed by atoms with Crippen LogP contribution in [0.3, 0.4) is 0 Å². The number of hydrogen-bond donors (Lipinski definition) is 0. The van der Waals surface area contributed by atoms with Crippen LogP contribution in [0, 0.1) is 0 Å². The quantitative estimate of drug-likeness (QED) is 0.487. The minimum atomic E-state index is 0.398. The van der Waals surface area contributed by atoms with Crippen LogP contribution in [0.1, 0.15) is 5.56 Å². The summed E-state index contributed by atoms with van der Waals surface area (Å²) in [6.45, 7) is 0. The number of hydrogen-bond acceptors (Lipinski definition) is 4. The summed E-state index contributed by atoms with van der Waals surface area (Å²) in [5, 5.41) is 1.73. The fraction of sp³-hybridized carbons (Fsp3) is 0.100. The zero-order valence-electron chi connectivity index (χ0n) is 8.10. The maximum atomic E-state index is 6.02. The van der Waals surface area contributed by atoms with Gasteiger partial charge in [0.15, 0.2) is 5.16 Å². The summed E-state index contributed by atoms with van der Waals surface area (Å²) in [6, 6.07) is 3.41. The molecule has 0 aliphatic carbocycles. The van der Waals surface area contributed by atoms with Crippen LogP contribution in [0.5, 0.6) is 0 Å². The molecule has 0 atom stereocenters. The Bertz CT molecular complexity index is 479. The molecule has 0 aromatic carbocycles. The molecule has 0 fully saturated rings. The molecule has 0 amide bonds. The summed E-state index contributed by atoms with van der Waals surface area (Å²) >= 11 is 13.2. The molecule has 0 aliphatic heterocycles. The van der Waals surface area contributed by atoms with Gasteiger partial charge in [-0.2, -0.15) is 0 Å². The summed E-state index contributed by atoms with van der Waals surface area (Å²) < 4.78 is 0.